The minimum atomic E-state index is -4.48. The van der Waals surface area contributed by atoms with Gasteiger partial charge < -0.3 is 14.6 Å². The maximum Gasteiger partial charge on any atom is 0.416 e. The summed E-state index contributed by atoms with van der Waals surface area (Å²) in [5.74, 6) is 0.573. The Labute approximate surface area is 185 Å². The predicted octanol–water partition coefficient (Wildman–Crippen LogP) is 5.19. The summed E-state index contributed by atoms with van der Waals surface area (Å²) in [5, 5.41) is 10.9. The number of alkyl halides is 3. The molecule has 0 aliphatic rings. The van der Waals surface area contributed by atoms with E-state index in [2.05, 4.69) is 15.5 Å². The number of carbonyl (C=O) groups excluding carboxylic acids is 1. The highest BCUT2D eigenvalue weighted by Crippen LogP contribution is 2.31. The van der Waals surface area contributed by atoms with Crippen LogP contribution in [0, 0.1) is 0 Å². The molecule has 0 spiro atoms. The number of hydrogen-bond donors (Lipinski definition) is 1. The number of nitrogens with zero attached hydrogens (tertiary/aromatic N) is 3. The van der Waals surface area contributed by atoms with Gasteiger partial charge in [-0.1, -0.05) is 41.6 Å². The molecule has 3 aromatic rings. The van der Waals surface area contributed by atoms with Gasteiger partial charge in [-0.3, -0.25) is 4.79 Å². The molecule has 0 radical (unpaired) electrons. The number of benzene rings is 2. The van der Waals surface area contributed by atoms with E-state index < -0.39 is 22.9 Å². The van der Waals surface area contributed by atoms with Gasteiger partial charge in [0.25, 0.3) is 0 Å². The van der Waals surface area contributed by atoms with Gasteiger partial charge in [-0.15, -0.1) is 10.2 Å². The average molecular weight is 471 g/mol. The van der Waals surface area contributed by atoms with Crippen molar-refractivity contribution in [2.45, 2.75) is 30.1 Å². The summed E-state index contributed by atoms with van der Waals surface area (Å²) in [7, 11) is 1.73. The molecule has 2 aromatic carbocycles. The highest BCUT2D eigenvalue weighted by Gasteiger charge is 2.30. The summed E-state index contributed by atoms with van der Waals surface area (Å²) in [6, 6.07) is 11.5. The molecule has 1 amide bonds. The van der Waals surface area contributed by atoms with E-state index in [1.807, 2.05) is 0 Å². The molecule has 1 unspecified atom stereocenters. The molecule has 0 aliphatic heterocycles. The molecule has 164 valence electrons. The number of anilines is 1. The number of rotatable bonds is 7. The second-order valence-electron chi connectivity index (χ2n) is 6.50. The Morgan fingerprint density at radius 1 is 1.23 bits per heavy atom. The van der Waals surface area contributed by atoms with E-state index in [-0.39, 0.29) is 12.3 Å². The van der Waals surface area contributed by atoms with Crippen molar-refractivity contribution < 1.29 is 22.7 Å². The molecule has 0 bridgehead atoms. The third-order valence-corrected chi connectivity index (χ3v) is 5.67. The summed E-state index contributed by atoms with van der Waals surface area (Å²) < 4.78 is 45.8. The fourth-order valence-corrected chi connectivity index (χ4v) is 3.53. The number of halogens is 4. The van der Waals surface area contributed by atoms with E-state index in [1.54, 1.807) is 42.8 Å². The van der Waals surface area contributed by atoms with Crippen LogP contribution < -0.4 is 10.1 Å². The normalized spacial score (nSPS) is 12.5. The summed E-state index contributed by atoms with van der Waals surface area (Å²) in [6.07, 6.45) is -4.48. The summed E-state index contributed by atoms with van der Waals surface area (Å²) in [4.78, 5) is 12.4. The van der Waals surface area contributed by atoms with Crippen molar-refractivity contribution in [1.29, 1.82) is 0 Å². The average Bonchev–Trinajstić information content (AvgIpc) is 3.06. The lowest BCUT2D eigenvalue weighted by molar-refractivity contribution is -0.137. The van der Waals surface area contributed by atoms with Crippen LogP contribution in [0.5, 0.6) is 5.75 Å². The third-order valence-electron chi connectivity index (χ3n) is 4.23. The molecule has 0 fully saturated rings. The molecule has 0 saturated heterocycles. The minimum absolute atomic E-state index is 0.0686. The first kappa shape index (κ1) is 23.0. The number of para-hydroxylation sites is 1. The Hall–Kier alpha value is -2.72. The van der Waals surface area contributed by atoms with Crippen molar-refractivity contribution in [3.63, 3.8) is 0 Å². The first-order chi connectivity index (χ1) is 14.6. The van der Waals surface area contributed by atoms with Gasteiger partial charge in [0, 0.05) is 12.7 Å². The van der Waals surface area contributed by atoms with Crippen LogP contribution in [0.15, 0.2) is 53.7 Å². The number of carbonyl (C=O) groups is 1. The van der Waals surface area contributed by atoms with E-state index in [0.717, 1.165) is 23.9 Å². The van der Waals surface area contributed by atoms with Crippen molar-refractivity contribution in [3.8, 4) is 5.75 Å². The number of thioether (sulfide) groups is 1. The second-order valence-corrected chi connectivity index (χ2v) is 8.22. The fourth-order valence-electron chi connectivity index (χ4n) is 2.51. The molecule has 1 atom stereocenters. The smallest absolute Gasteiger partial charge is 0.416 e. The van der Waals surface area contributed by atoms with Gasteiger partial charge in [0.15, 0.2) is 11.0 Å². The number of hydrogen-bond acceptors (Lipinski definition) is 5. The number of ether oxygens (including phenoxy) is 1. The topological polar surface area (TPSA) is 69.0 Å². The van der Waals surface area contributed by atoms with Crippen LogP contribution in [-0.4, -0.2) is 25.9 Å². The molecule has 0 aliphatic carbocycles. The zero-order chi connectivity index (χ0) is 22.6. The van der Waals surface area contributed by atoms with Crippen molar-refractivity contribution >= 4 is 35.0 Å². The summed E-state index contributed by atoms with van der Waals surface area (Å²) in [5.41, 5.74) is -0.763. The van der Waals surface area contributed by atoms with E-state index in [9.17, 15) is 18.0 Å². The van der Waals surface area contributed by atoms with Gasteiger partial charge >= 0.3 is 6.18 Å². The third kappa shape index (κ3) is 5.92. The van der Waals surface area contributed by atoms with Crippen LogP contribution in [0.2, 0.25) is 5.02 Å². The van der Waals surface area contributed by atoms with Gasteiger partial charge in [-0.05, 0) is 37.3 Å². The Bertz CT molecular complexity index is 1070. The van der Waals surface area contributed by atoms with Crippen molar-refractivity contribution in [2.24, 2.45) is 7.05 Å². The van der Waals surface area contributed by atoms with Crippen LogP contribution in [0.25, 0.3) is 0 Å². The SMILES string of the molecule is CC(Sc1nnc(COc2ccccc2Cl)n1C)C(=O)Nc1cccc(C(F)(F)F)c1. The highest BCUT2D eigenvalue weighted by molar-refractivity contribution is 8.00. The number of aromatic nitrogens is 3. The maximum absolute atomic E-state index is 12.8. The molecule has 1 N–H and O–H groups in total. The standard InChI is InChI=1S/C20H18ClF3N4O2S/c1-12(18(29)25-14-7-5-6-13(10-14)20(22,23)24)31-19-27-26-17(28(19)2)11-30-16-9-4-3-8-15(16)21/h3-10,12H,11H2,1-2H3,(H,25,29). The molecule has 11 heteroatoms. The maximum atomic E-state index is 12.8. The van der Waals surface area contributed by atoms with Gasteiger partial charge in [0.05, 0.1) is 15.8 Å². The monoisotopic (exact) mass is 470 g/mol. The van der Waals surface area contributed by atoms with Crippen LogP contribution in [0.1, 0.15) is 18.3 Å². The van der Waals surface area contributed by atoms with Crippen molar-refractivity contribution in [3.05, 3.63) is 64.9 Å². The second kappa shape index (κ2) is 9.61. The Morgan fingerprint density at radius 3 is 2.68 bits per heavy atom. The number of nitrogens with one attached hydrogen (secondary N) is 1. The van der Waals surface area contributed by atoms with Crippen LogP contribution >= 0.6 is 23.4 Å². The summed E-state index contributed by atoms with van der Waals surface area (Å²) in [6.45, 7) is 1.75. The zero-order valence-electron chi connectivity index (χ0n) is 16.5. The van der Waals surface area contributed by atoms with Crippen molar-refractivity contribution in [1.82, 2.24) is 14.8 Å². The van der Waals surface area contributed by atoms with Crippen molar-refractivity contribution in [2.75, 3.05) is 5.32 Å². The van der Waals surface area contributed by atoms with Gasteiger partial charge in [-0.25, -0.2) is 0 Å². The largest absolute Gasteiger partial charge is 0.484 e. The Morgan fingerprint density at radius 2 is 1.97 bits per heavy atom. The van der Waals surface area contributed by atoms with E-state index >= 15 is 0 Å². The minimum Gasteiger partial charge on any atom is -0.484 e. The molecule has 31 heavy (non-hydrogen) atoms. The van der Waals surface area contributed by atoms with Crippen LogP contribution in [0.3, 0.4) is 0 Å². The van der Waals surface area contributed by atoms with E-state index in [4.69, 9.17) is 16.3 Å². The fraction of sp³-hybridized carbons (Fsp3) is 0.250. The number of amides is 1. The zero-order valence-corrected chi connectivity index (χ0v) is 18.1. The van der Waals surface area contributed by atoms with Crippen LogP contribution in [-0.2, 0) is 24.6 Å². The molecule has 6 nitrogen and oxygen atoms in total. The first-order valence-corrected chi connectivity index (χ1v) is 10.3. The molecule has 1 heterocycles. The molecule has 1 aromatic heterocycles. The highest BCUT2D eigenvalue weighted by atomic mass is 35.5. The molecule has 3 rings (SSSR count). The summed E-state index contributed by atoms with van der Waals surface area (Å²) >= 11 is 7.19. The van der Waals surface area contributed by atoms with Gasteiger partial charge in [0.2, 0.25) is 5.91 Å². The Balaban J connectivity index is 1.61. The molecular formula is C20H18ClF3N4O2S. The molecule has 0 saturated carbocycles. The lowest BCUT2D eigenvalue weighted by Gasteiger charge is -2.13. The quantitative estimate of drug-likeness (QED) is 0.481. The van der Waals surface area contributed by atoms with Gasteiger partial charge in [0.1, 0.15) is 12.4 Å². The predicted molar refractivity (Wildman–Crippen MR) is 112 cm³/mol. The van der Waals surface area contributed by atoms with E-state index in [1.165, 1.54) is 12.1 Å². The Kier molecular flexibility index (Phi) is 7.11. The van der Waals surface area contributed by atoms with E-state index in [0.29, 0.717) is 21.8 Å². The van der Waals surface area contributed by atoms with Crippen LogP contribution in [0.4, 0.5) is 18.9 Å². The first-order valence-electron chi connectivity index (χ1n) is 9.05. The lowest BCUT2D eigenvalue weighted by Crippen LogP contribution is -2.23. The molecular weight excluding hydrogens is 453 g/mol. The van der Waals surface area contributed by atoms with Gasteiger partial charge in [-0.2, -0.15) is 13.2 Å². The lowest BCUT2D eigenvalue weighted by atomic mass is 10.2.